The first-order valence-electron chi connectivity index (χ1n) is 9.22. The van der Waals surface area contributed by atoms with E-state index in [1.807, 2.05) is 6.07 Å². The van der Waals surface area contributed by atoms with Crippen molar-refractivity contribution in [2.75, 3.05) is 33.9 Å². The molecule has 1 aromatic carbocycles. The highest BCUT2D eigenvalue weighted by Gasteiger charge is 2.26. The van der Waals surface area contributed by atoms with Crippen LogP contribution in [0, 0.1) is 0 Å². The van der Waals surface area contributed by atoms with Gasteiger partial charge in [0.1, 0.15) is 11.5 Å². The van der Waals surface area contributed by atoms with Gasteiger partial charge in [0.25, 0.3) is 0 Å². The van der Waals surface area contributed by atoms with Gasteiger partial charge in [-0.05, 0) is 43.9 Å². The second-order valence-corrected chi connectivity index (χ2v) is 6.83. The van der Waals surface area contributed by atoms with Crippen molar-refractivity contribution in [3.05, 3.63) is 23.8 Å². The molecule has 0 bridgehead atoms. The van der Waals surface area contributed by atoms with E-state index in [9.17, 15) is 0 Å². The molecule has 1 atom stereocenters. The Bertz CT molecular complexity index is 585. The van der Waals surface area contributed by atoms with E-state index in [0.29, 0.717) is 12.1 Å². The van der Waals surface area contributed by atoms with Crippen molar-refractivity contribution in [2.24, 2.45) is 4.99 Å². The number of aliphatic imine (C=N–C) groups is 1. The second-order valence-electron chi connectivity index (χ2n) is 6.83. The molecule has 0 radical (unpaired) electrons. The largest absolute Gasteiger partial charge is 0.497 e. The van der Waals surface area contributed by atoms with Crippen LogP contribution in [-0.2, 0) is 6.54 Å². The van der Waals surface area contributed by atoms with Crippen molar-refractivity contribution in [1.29, 1.82) is 0 Å². The number of hydrogen-bond donors (Lipinski definition) is 2. The number of likely N-dealkylation sites (tertiary alicyclic amines) is 1. The van der Waals surface area contributed by atoms with E-state index >= 15 is 0 Å². The molecule has 1 heterocycles. The van der Waals surface area contributed by atoms with E-state index in [4.69, 9.17) is 9.47 Å². The molecule has 2 aliphatic rings. The minimum Gasteiger partial charge on any atom is -0.497 e. The third kappa shape index (κ3) is 6.19. The van der Waals surface area contributed by atoms with Gasteiger partial charge < -0.3 is 20.1 Å². The number of ether oxygens (including phenoxy) is 2. The van der Waals surface area contributed by atoms with Crippen LogP contribution in [0.4, 0.5) is 0 Å². The zero-order chi connectivity index (χ0) is 17.6. The highest BCUT2D eigenvalue weighted by atomic mass is 127. The number of methoxy groups -OCH3 is 2. The Morgan fingerprint density at radius 1 is 1.08 bits per heavy atom. The number of guanidine groups is 1. The second kappa shape index (κ2) is 10.2. The van der Waals surface area contributed by atoms with Crippen LogP contribution in [0.25, 0.3) is 0 Å². The Morgan fingerprint density at radius 2 is 1.73 bits per heavy atom. The lowest BCUT2D eigenvalue weighted by Crippen LogP contribution is -2.45. The molecule has 2 N–H and O–H groups in total. The third-order valence-corrected chi connectivity index (χ3v) is 4.67. The summed E-state index contributed by atoms with van der Waals surface area (Å²) in [5, 5.41) is 7.10. The smallest absolute Gasteiger partial charge is 0.191 e. The number of rotatable bonds is 7. The summed E-state index contributed by atoms with van der Waals surface area (Å²) in [7, 11) is 3.38. The summed E-state index contributed by atoms with van der Waals surface area (Å²) in [4.78, 5) is 7.03. The number of benzene rings is 1. The molecule has 6 nitrogen and oxygen atoms in total. The van der Waals surface area contributed by atoms with Crippen LogP contribution in [-0.4, -0.2) is 56.8 Å². The van der Waals surface area contributed by atoms with Crippen LogP contribution in [0.1, 0.15) is 31.7 Å². The Morgan fingerprint density at radius 3 is 2.31 bits per heavy atom. The molecule has 0 aromatic heterocycles. The Labute approximate surface area is 173 Å². The number of halogens is 1. The lowest BCUT2D eigenvalue weighted by atomic mass is 10.2. The molecule has 1 aromatic rings. The fourth-order valence-corrected chi connectivity index (χ4v) is 3.22. The van der Waals surface area contributed by atoms with Crippen molar-refractivity contribution in [3.63, 3.8) is 0 Å². The molecular formula is C19H31IN4O2. The quantitative estimate of drug-likeness (QED) is 0.362. The number of hydrogen-bond acceptors (Lipinski definition) is 4. The highest BCUT2D eigenvalue weighted by Crippen LogP contribution is 2.24. The monoisotopic (exact) mass is 474 g/mol. The first-order valence-corrected chi connectivity index (χ1v) is 9.22. The van der Waals surface area contributed by atoms with Crippen molar-refractivity contribution < 1.29 is 9.47 Å². The predicted octanol–water partition coefficient (Wildman–Crippen LogP) is 2.61. The van der Waals surface area contributed by atoms with Gasteiger partial charge in [-0.15, -0.1) is 24.0 Å². The summed E-state index contributed by atoms with van der Waals surface area (Å²) in [5.74, 6) is 2.66. The van der Waals surface area contributed by atoms with Crippen LogP contribution in [0.2, 0.25) is 0 Å². The fraction of sp³-hybridized carbons (Fsp3) is 0.632. The molecule has 2 fully saturated rings. The van der Waals surface area contributed by atoms with Crippen LogP contribution in [0.3, 0.4) is 0 Å². The standard InChI is InChI=1S/C19H30N4O2.HI/c1-4-20-19(21-15-5-6-15)22-16-7-8-23(13-16)12-14-9-17(24-2)11-18(10-14)25-3;/h9-11,15-16H,4-8,12-13H2,1-3H3,(H2,20,21,22);1H. The zero-order valence-corrected chi connectivity index (χ0v) is 18.3. The summed E-state index contributed by atoms with van der Waals surface area (Å²) in [6, 6.07) is 7.15. The average molecular weight is 474 g/mol. The van der Waals surface area contributed by atoms with Crippen LogP contribution in [0.15, 0.2) is 23.2 Å². The van der Waals surface area contributed by atoms with Crippen molar-refractivity contribution in [2.45, 2.75) is 44.8 Å². The van der Waals surface area contributed by atoms with Gasteiger partial charge >= 0.3 is 0 Å². The minimum absolute atomic E-state index is 0. The maximum Gasteiger partial charge on any atom is 0.191 e. The van der Waals surface area contributed by atoms with Gasteiger partial charge in [-0.2, -0.15) is 0 Å². The first-order chi connectivity index (χ1) is 12.2. The molecule has 1 saturated carbocycles. The summed E-state index contributed by atoms with van der Waals surface area (Å²) in [6.07, 6.45) is 3.66. The molecule has 0 amide bonds. The molecule has 0 spiro atoms. The number of nitrogens with one attached hydrogen (secondary N) is 2. The van der Waals surface area contributed by atoms with E-state index in [-0.39, 0.29) is 24.0 Å². The maximum atomic E-state index is 5.37. The molecule has 1 saturated heterocycles. The fourth-order valence-electron chi connectivity index (χ4n) is 3.22. The highest BCUT2D eigenvalue weighted by molar-refractivity contribution is 14.0. The van der Waals surface area contributed by atoms with Gasteiger partial charge in [-0.25, -0.2) is 0 Å². The molecule has 146 valence electrons. The molecule has 7 heteroatoms. The van der Waals surface area contributed by atoms with E-state index < -0.39 is 0 Å². The van der Waals surface area contributed by atoms with Gasteiger partial charge in [-0.3, -0.25) is 9.89 Å². The molecular weight excluding hydrogens is 443 g/mol. The zero-order valence-electron chi connectivity index (χ0n) is 16.0. The summed E-state index contributed by atoms with van der Waals surface area (Å²) >= 11 is 0. The Kier molecular flexibility index (Phi) is 8.27. The van der Waals surface area contributed by atoms with Gasteiger partial charge in [-0.1, -0.05) is 0 Å². The predicted molar refractivity (Wildman–Crippen MR) is 116 cm³/mol. The van der Waals surface area contributed by atoms with Crippen LogP contribution < -0.4 is 20.1 Å². The SMILES string of the molecule is CCN=C(NC1CC1)NC1CCN(Cc2cc(OC)cc(OC)c2)C1.I. The van der Waals surface area contributed by atoms with Crippen molar-refractivity contribution >= 4 is 29.9 Å². The van der Waals surface area contributed by atoms with Gasteiger partial charge in [0.15, 0.2) is 5.96 Å². The maximum absolute atomic E-state index is 5.37. The van der Waals surface area contributed by atoms with E-state index in [0.717, 1.165) is 50.1 Å². The summed E-state index contributed by atoms with van der Waals surface area (Å²) in [5.41, 5.74) is 1.22. The number of nitrogens with zero attached hydrogens (tertiary/aromatic N) is 2. The van der Waals surface area contributed by atoms with E-state index in [2.05, 4.69) is 39.6 Å². The van der Waals surface area contributed by atoms with Gasteiger partial charge in [0, 0.05) is 44.3 Å². The molecule has 1 unspecified atom stereocenters. The average Bonchev–Trinajstić information content (AvgIpc) is 3.33. The molecule has 3 rings (SSSR count). The summed E-state index contributed by atoms with van der Waals surface area (Å²) < 4.78 is 10.7. The lowest BCUT2D eigenvalue weighted by molar-refractivity contribution is 0.321. The first kappa shape index (κ1) is 21.1. The van der Waals surface area contributed by atoms with Gasteiger partial charge in [0.05, 0.1) is 14.2 Å². The molecule has 1 aliphatic heterocycles. The van der Waals surface area contributed by atoms with Crippen molar-refractivity contribution in [3.8, 4) is 11.5 Å². The molecule has 1 aliphatic carbocycles. The van der Waals surface area contributed by atoms with Crippen molar-refractivity contribution in [1.82, 2.24) is 15.5 Å². The topological polar surface area (TPSA) is 58.1 Å². The summed E-state index contributed by atoms with van der Waals surface area (Å²) in [6.45, 7) is 5.89. The Hall–Kier alpha value is -1.22. The van der Waals surface area contributed by atoms with E-state index in [1.165, 1.54) is 18.4 Å². The lowest BCUT2D eigenvalue weighted by Gasteiger charge is -2.19. The van der Waals surface area contributed by atoms with Crippen LogP contribution in [0.5, 0.6) is 11.5 Å². The van der Waals surface area contributed by atoms with Gasteiger partial charge in [0.2, 0.25) is 0 Å². The van der Waals surface area contributed by atoms with Crippen LogP contribution >= 0.6 is 24.0 Å². The van der Waals surface area contributed by atoms with E-state index in [1.54, 1.807) is 14.2 Å². The third-order valence-electron chi connectivity index (χ3n) is 4.67. The molecule has 26 heavy (non-hydrogen) atoms. The Balaban J connectivity index is 0.00000243. The normalized spacial score (nSPS) is 20.4. The minimum atomic E-state index is 0.